The van der Waals surface area contributed by atoms with Crippen molar-refractivity contribution in [2.24, 2.45) is 22.6 Å². The van der Waals surface area contributed by atoms with Gasteiger partial charge in [-0.15, -0.1) is 0 Å². The third kappa shape index (κ3) is 8.47. The zero-order chi connectivity index (χ0) is 19.5. The number of hydrogen-bond donors (Lipinski definition) is 3. The van der Waals surface area contributed by atoms with Crippen LogP contribution in [-0.4, -0.2) is 81.1 Å². The number of carbonyl (C=O) groups is 1. The Labute approximate surface area is 165 Å². The van der Waals surface area contributed by atoms with Crippen molar-refractivity contribution in [1.29, 1.82) is 0 Å². The number of nitrogens with two attached hydrogens (primary N) is 1. The Morgan fingerprint density at radius 3 is 2.26 bits per heavy atom. The van der Waals surface area contributed by atoms with E-state index >= 15 is 0 Å². The van der Waals surface area contributed by atoms with Gasteiger partial charge in [-0.3, -0.25) is 9.79 Å². The van der Waals surface area contributed by atoms with Gasteiger partial charge >= 0.3 is 0 Å². The lowest BCUT2D eigenvalue weighted by atomic mass is 9.97. The number of hydrogen-bond acceptors (Lipinski definition) is 4. The molecule has 7 nitrogen and oxygen atoms in total. The van der Waals surface area contributed by atoms with E-state index in [4.69, 9.17) is 5.73 Å². The van der Waals surface area contributed by atoms with Crippen molar-refractivity contribution >= 4 is 11.9 Å². The standard InChI is InChI=1S/C20H40N6O/c1-17-7-14-25(15-8-17)12-4-9-23-20(22-2)24-10-5-13-26-11-3-6-18(16-26)19(21)27/h17-18H,3-16H2,1-2H3,(H2,21,27)(H2,22,23,24). The number of carbonyl (C=O) groups excluding carboxylic acids is 1. The topological polar surface area (TPSA) is 86.0 Å². The zero-order valence-electron chi connectivity index (χ0n) is 17.4. The summed E-state index contributed by atoms with van der Waals surface area (Å²) < 4.78 is 0. The maximum absolute atomic E-state index is 11.4. The van der Waals surface area contributed by atoms with E-state index in [-0.39, 0.29) is 11.8 Å². The van der Waals surface area contributed by atoms with E-state index in [1.54, 1.807) is 0 Å². The number of piperidine rings is 2. The minimum Gasteiger partial charge on any atom is -0.369 e. The van der Waals surface area contributed by atoms with Gasteiger partial charge in [-0.25, -0.2) is 0 Å². The van der Waals surface area contributed by atoms with Crippen molar-refractivity contribution < 1.29 is 4.79 Å². The molecule has 27 heavy (non-hydrogen) atoms. The highest BCUT2D eigenvalue weighted by molar-refractivity contribution is 5.79. The molecule has 0 aromatic carbocycles. The highest BCUT2D eigenvalue weighted by atomic mass is 16.1. The van der Waals surface area contributed by atoms with E-state index in [1.807, 2.05) is 7.05 Å². The van der Waals surface area contributed by atoms with Gasteiger partial charge < -0.3 is 26.2 Å². The van der Waals surface area contributed by atoms with E-state index < -0.39 is 0 Å². The number of guanidine groups is 1. The molecular weight excluding hydrogens is 340 g/mol. The van der Waals surface area contributed by atoms with Crippen LogP contribution in [-0.2, 0) is 4.79 Å². The van der Waals surface area contributed by atoms with Crippen molar-refractivity contribution in [2.75, 3.05) is 59.4 Å². The predicted molar refractivity (Wildman–Crippen MR) is 112 cm³/mol. The van der Waals surface area contributed by atoms with Gasteiger partial charge in [-0.2, -0.15) is 0 Å². The number of primary amides is 1. The van der Waals surface area contributed by atoms with Gasteiger partial charge in [0.1, 0.15) is 0 Å². The van der Waals surface area contributed by atoms with Crippen LogP contribution in [0.5, 0.6) is 0 Å². The monoisotopic (exact) mass is 380 g/mol. The first-order valence-electron chi connectivity index (χ1n) is 10.8. The van der Waals surface area contributed by atoms with Gasteiger partial charge in [0.25, 0.3) is 0 Å². The van der Waals surface area contributed by atoms with Gasteiger partial charge in [-0.1, -0.05) is 6.92 Å². The molecule has 2 fully saturated rings. The summed E-state index contributed by atoms with van der Waals surface area (Å²) >= 11 is 0. The average molecular weight is 381 g/mol. The summed E-state index contributed by atoms with van der Waals surface area (Å²) in [5.41, 5.74) is 5.45. The molecule has 0 aromatic rings. The van der Waals surface area contributed by atoms with Gasteiger partial charge in [-0.05, 0) is 77.2 Å². The molecule has 0 saturated carbocycles. The van der Waals surface area contributed by atoms with Gasteiger partial charge in [0.2, 0.25) is 5.91 Å². The van der Waals surface area contributed by atoms with Gasteiger partial charge in [0.15, 0.2) is 5.96 Å². The van der Waals surface area contributed by atoms with E-state index in [9.17, 15) is 4.79 Å². The van der Waals surface area contributed by atoms with Crippen LogP contribution in [0.1, 0.15) is 45.4 Å². The summed E-state index contributed by atoms with van der Waals surface area (Å²) in [7, 11) is 1.82. The summed E-state index contributed by atoms with van der Waals surface area (Å²) in [6.45, 7) is 10.8. The SMILES string of the molecule is CN=C(NCCCN1CCC(C)CC1)NCCCN1CCCC(C(N)=O)C1. The van der Waals surface area contributed by atoms with Crippen LogP contribution < -0.4 is 16.4 Å². The quantitative estimate of drug-likeness (QED) is 0.314. The maximum Gasteiger partial charge on any atom is 0.221 e. The molecule has 2 saturated heterocycles. The molecule has 4 N–H and O–H groups in total. The van der Waals surface area contributed by atoms with Crippen molar-refractivity contribution in [3.8, 4) is 0 Å². The summed E-state index contributed by atoms with van der Waals surface area (Å²) in [5, 5.41) is 6.81. The summed E-state index contributed by atoms with van der Waals surface area (Å²) in [6, 6.07) is 0. The van der Waals surface area contributed by atoms with Crippen molar-refractivity contribution in [3.63, 3.8) is 0 Å². The Kier molecular flexibility index (Phi) is 9.91. The molecule has 0 bridgehead atoms. The van der Waals surface area contributed by atoms with Crippen LogP contribution >= 0.6 is 0 Å². The van der Waals surface area contributed by atoms with Crippen molar-refractivity contribution in [3.05, 3.63) is 0 Å². The Morgan fingerprint density at radius 2 is 1.67 bits per heavy atom. The number of aliphatic imine (C=N–C) groups is 1. The molecule has 0 spiro atoms. The van der Waals surface area contributed by atoms with Gasteiger partial charge in [0.05, 0.1) is 5.92 Å². The van der Waals surface area contributed by atoms with Crippen LogP contribution in [0.2, 0.25) is 0 Å². The molecule has 156 valence electrons. The fourth-order valence-corrected chi connectivity index (χ4v) is 4.02. The second kappa shape index (κ2) is 12.2. The molecule has 1 amide bonds. The Morgan fingerprint density at radius 1 is 1.04 bits per heavy atom. The molecular formula is C20H40N6O. The molecule has 2 aliphatic heterocycles. The van der Waals surface area contributed by atoms with Crippen molar-refractivity contribution in [2.45, 2.75) is 45.4 Å². The van der Waals surface area contributed by atoms with Crippen molar-refractivity contribution in [1.82, 2.24) is 20.4 Å². The third-order valence-corrected chi connectivity index (χ3v) is 5.89. The zero-order valence-corrected chi connectivity index (χ0v) is 17.4. The predicted octanol–water partition coefficient (Wildman–Crippen LogP) is 0.861. The van der Waals surface area contributed by atoms with Crippen LogP contribution in [0, 0.1) is 11.8 Å². The largest absolute Gasteiger partial charge is 0.369 e. The van der Waals surface area contributed by atoms with Crippen LogP contribution in [0.25, 0.3) is 0 Å². The molecule has 0 aliphatic carbocycles. The molecule has 2 aliphatic rings. The summed E-state index contributed by atoms with van der Waals surface area (Å²) in [5.74, 6) is 1.66. The number of nitrogens with one attached hydrogen (secondary N) is 2. The number of likely N-dealkylation sites (tertiary alicyclic amines) is 2. The normalized spacial score (nSPS) is 23.3. The average Bonchev–Trinajstić information content (AvgIpc) is 2.68. The van der Waals surface area contributed by atoms with E-state index in [1.165, 1.54) is 32.5 Å². The minimum absolute atomic E-state index is 0.0317. The molecule has 1 atom stereocenters. The van der Waals surface area contributed by atoms with E-state index in [0.717, 1.165) is 70.3 Å². The second-order valence-electron chi connectivity index (χ2n) is 8.20. The molecule has 2 heterocycles. The van der Waals surface area contributed by atoms with E-state index in [2.05, 4.69) is 32.3 Å². The third-order valence-electron chi connectivity index (χ3n) is 5.89. The lowest BCUT2D eigenvalue weighted by Crippen LogP contribution is -2.43. The first kappa shape index (κ1) is 22.0. The van der Waals surface area contributed by atoms with E-state index in [0.29, 0.717) is 0 Å². The lowest BCUT2D eigenvalue weighted by molar-refractivity contribution is -0.123. The summed E-state index contributed by atoms with van der Waals surface area (Å²) in [4.78, 5) is 20.6. The Hall–Kier alpha value is -1.34. The highest BCUT2D eigenvalue weighted by Crippen LogP contribution is 2.16. The fourth-order valence-electron chi connectivity index (χ4n) is 4.02. The molecule has 0 radical (unpaired) electrons. The first-order valence-corrected chi connectivity index (χ1v) is 10.8. The minimum atomic E-state index is -0.151. The first-order chi connectivity index (χ1) is 13.1. The lowest BCUT2D eigenvalue weighted by Gasteiger charge is -2.31. The van der Waals surface area contributed by atoms with Gasteiger partial charge in [0, 0.05) is 26.7 Å². The number of rotatable bonds is 9. The van der Waals surface area contributed by atoms with Crippen LogP contribution in [0.4, 0.5) is 0 Å². The smallest absolute Gasteiger partial charge is 0.221 e. The Balaban J connectivity index is 1.51. The maximum atomic E-state index is 11.4. The molecule has 7 heteroatoms. The molecule has 0 aromatic heterocycles. The summed E-state index contributed by atoms with van der Waals surface area (Å²) in [6.07, 6.45) is 6.88. The fraction of sp³-hybridized carbons (Fsp3) is 0.900. The molecule has 1 unspecified atom stereocenters. The van der Waals surface area contributed by atoms with Crippen LogP contribution in [0.3, 0.4) is 0 Å². The molecule has 2 rings (SSSR count). The second-order valence-corrected chi connectivity index (χ2v) is 8.20. The number of nitrogens with zero attached hydrogens (tertiary/aromatic N) is 3. The Bertz CT molecular complexity index is 461. The van der Waals surface area contributed by atoms with Crippen LogP contribution in [0.15, 0.2) is 4.99 Å². The number of amides is 1. The highest BCUT2D eigenvalue weighted by Gasteiger charge is 2.23.